The summed E-state index contributed by atoms with van der Waals surface area (Å²) in [7, 11) is 0. The van der Waals surface area contributed by atoms with E-state index in [1.54, 1.807) is 4.90 Å². The Labute approximate surface area is 127 Å². The zero-order valence-corrected chi connectivity index (χ0v) is 12.2. The molecule has 2 atom stereocenters. The molecule has 1 amide bonds. The van der Waals surface area contributed by atoms with Crippen LogP contribution >= 0.6 is 0 Å². The predicted octanol–water partition coefficient (Wildman–Crippen LogP) is 1.36. The molecule has 0 spiro atoms. The van der Waals surface area contributed by atoms with Crippen molar-refractivity contribution in [1.29, 1.82) is 0 Å². The van der Waals surface area contributed by atoms with E-state index in [-0.39, 0.29) is 17.7 Å². The van der Waals surface area contributed by atoms with E-state index in [1.165, 1.54) is 12.1 Å². The van der Waals surface area contributed by atoms with Gasteiger partial charge in [-0.1, -0.05) is 6.07 Å². The third kappa shape index (κ3) is 3.28. The highest BCUT2D eigenvalue weighted by atomic mass is 19.1. The number of rotatable bonds is 4. The average molecular weight is 311 g/mol. The van der Waals surface area contributed by atoms with Crippen molar-refractivity contribution in [2.45, 2.75) is 18.9 Å². The average Bonchev–Trinajstić information content (AvgIpc) is 2.81. The van der Waals surface area contributed by atoms with E-state index in [2.05, 4.69) is 0 Å². The van der Waals surface area contributed by atoms with Gasteiger partial charge < -0.3 is 14.7 Å². The van der Waals surface area contributed by atoms with E-state index in [9.17, 15) is 18.7 Å². The van der Waals surface area contributed by atoms with Crippen LogP contribution in [0.1, 0.15) is 12.0 Å². The number of hydrogen-bond acceptors (Lipinski definition) is 3. The largest absolute Gasteiger partial charge is 0.390 e. The van der Waals surface area contributed by atoms with E-state index in [4.69, 9.17) is 4.74 Å². The van der Waals surface area contributed by atoms with Crippen molar-refractivity contribution in [3.05, 3.63) is 35.4 Å². The first kappa shape index (κ1) is 15.4. The SMILES string of the molecule is O=C(C[C@@H]1COC[C@H]1O)N1CC(Cc2ccc(F)cc2F)C1. The van der Waals surface area contributed by atoms with Crippen LogP contribution < -0.4 is 0 Å². The summed E-state index contributed by atoms with van der Waals surface area (Å²) in [4.78, 5) is 13.8. The number of benzene rings is 1. The minimum atomic E-state index is -0.580. The summed E-state index contributed by atoms with van der Waals surface area (Å²) in [6.45, 7) is 1.88. The Kier molecular flexibility index (Phi) is 4.40. The van der Waals surface area contributed by atoms with Crippen LogP contribution in [0, 0.1) is 23.5 Å². The first-order valence-electron chi connectivity index (χ1n) is 7.50. The Hall–Kier alpha value is -1.53. The van der Waals surface area contributed by atoms with Gasteiger partial charge in [0.25, 0.3) is 0 Å². The number of nitrogens with zero attached hydrogens (tertiary/aromatic N) is 1. The molecular weight excluding hydrogens is 292 g/mol. The van der Waals surface area contributed by atoms with Crippen LogP contribution in [0.2, 0.25) is 0 Å². The maximum Gasteiger partial charge on any atom is 0.223 e. The third-order valence-corrected chi connectivity index (χ3v) is 4.44. The smallest absolute Gasteiger partial charge is 0.223 e. The van der Waals surface area contributed by atoms with Gasteiger partial charge in [0, 0.05) is 31.5 Å². The molecule has 4 nitrogen and oxygen atoms in total. The van der Waals surface area contributed by atoms with E-state index in [1.807, 2.05) is 0 Å². The number of carbonyl (C=O) groups excluding carboxylic acids is 1. The van der Waals surface area contributed by atoms with Crippen molar-refractivity contribution in [2.24, 2.45) is 11.8 Å². The standard InChI is InChI=1S/C16H19F2NO3/c17-13-2-1-11(14(18)5-13)3-10-6-19(7-10)16(21)4-12-8-22-9-15(12)20/h1-2,5,10,12,15,20H,3-4,6-9H2/t12-,15-/m1/s1. The molecule has 6 heteroatoms. The van der Waals surface area contributed by atoms with Crippen molar-refractivity contribution in [1.82, 2.24) is 4.90 Å². The number of hydrogen-bond donors (Lipinski definition) is 1. The topological polar surface area (TPSA) is 49.8 Å². The quantitative estimate of drug-likeness (QED) is 0.913. The monoisotopic (exact) mass is 311 g/mol. The number of aliphatic hydroxyl groups is 1. The summed E-state index contributed by atoms with van der Waals surface area (Å²) in [6.07, 6.45) is 0.235. The fourth-order valence-corrected chi connectivity index (χ4v) is 3.04. The molecule has 22 heavy (non-hydrogen) atoms. The number of carbonyl (C=O) groups is 1. The maximum atomic E-state index is 13.6. The van der Waals surface area contributed by atoms with Crippen molar-refractivity contribution in [2.75, 3.05) is 26.3 Å². The second-order valence-corrected chi connectivity index (χ2v) is 6.17. The van der Waals surface area contributed by atoms with Gasteiger partial charge in [-0.25, -0.2) is 8.78 Å². The molecule has 3 rings (SSSR count). The fourth-order valence-electron chi connectivity index (χ4n) is 3.04. The molecule has 0 unspecified atom stereocenters. The number of halogens is 2. The molecule has 2 aliphatic rings. The Morgan fingerprint density at radius 2 is 2.09 bits per heavy atom. The highest BCUT2D eigenvalue weighted by Gasteiger charge is 2.35. The minimum absolute atomic E-state index is 0.00498. The normalized spacial score (nSPS) is 25.3. The molecule has 0 bridgehead atoms. The molecular formula is C16H19F2NO3. The lowest BCUT2D eigenvalue weighted by molar-refractivity contribution is -0.139. The predicted molar refractivity (Wildman–Crippen MR) is 75.1 cm³/mol. The summed E-state index contributed by atoms with van der Waals surface area (Å²) in [5.41, 5.74) is 0.484. The van der Waals surface area contributed by atoms with Gasteiger partial charge in [0.15, 0.2) is 0 Å². The van der Waals surface area contributed by atoms with Gasteiger partial charge in [-0.05, 0) is 24.0 Å². The van der Waals surface area contributed by atoms with Crippen molar-refractivity contribution in [3.63, 3.8) is 0 Å². The van der Waals surface area contributed by atoms with Gasteiger partial charge in [-0.3, -0.25) is 4.79 Å². The molecule has 2 heterocycles. The van der Waals surface area contributed by atoms with Crippen LogP contribution in [0.5, 0.6) is 0 Å². The van der Waals surface area contributed by atoms with Crippen LogP contribution in [0.25, 0.3) is 0 Å². The third-order valence-electron chi connectivity index (χ3n) is 4.44. The summed E-state index contributed by atoms with van der Waals surface area (Å²) in [5.74, 6) is -1.03. The number of likely N-dealkylation sites (tertiary alicyclic amines) is 1. The number of aliphatic hydroxyl groups excluding tert-OH is 1. The van der Waals surface area contributed by atoms with Crippen LogP contribution in [-0.2, 0) is 16.0 Å². The molecule has 120 valence electrons. The fraction of sp³-hybridized carbons (Fsp3) is 0.562. The van der Waals surface area contributed by atoms with Gasteiger partial charge in [-0.15, -0.1) is 0 Å². The van der Waals surface area contributed by atoms with Gasteiger partial charge in [0.1, 0.15) is 11.6 Å². The molecule has 2 aliphatic heterocycles. The van der Waals surface area contributed by atoms with Gasteiger partial charge >= 0.3 is 0 Å². The zero-order chi connectivity index (χ0) is 15.7. The minimum Gasteiger partial charge on any atom is -0.390 e. The second-order valence-electron chi connectivity index (χ2n) is 6.17. The van der Waals surface area contributed by atoms with Crippen LogP contribution in [0.15, 0.2) is 18.2 Å². The summed E-state index contributed by atoms with van der Waals surface area (Å²) < 4.78 is 31.6. The van der Waals surface area contributed by atoms with Crippen LogP contribution in [0.3, 0.4) is 0 Å². The number of amides is 1. The first-order chi connectivity index (χ1) is 10.5. The molecule has 2 saturated heterocycles. The molecule has 2 fully saturated rings. The van der Waals surface area contributed by atoms with Crippen LogP contribution in [0.4, 0.5) is 8.78 Å². The second kappa shape index (κ2) is 6.30. The lowest BCUT2D eigenvalue weighted by Crippen LogP contribution is -2.51. The lowest BCUT2D eigenvalue weighted by atomic mass is 9.90. The first-order valence-corrected chi connectivity index (χ1v) is 7.50. The summed E-state index contributed by atoms with van der Waals surface area (Å²) in [5, 5.41) is 9.64. The molecule has 0 radical (unpaired) electrons. The molecule has 0 saturated carbocycles. The Morgan fingerprint density at radius 1 is 1.32 bits per heavy atom. The van der Waals surface area contributed by atoms with Crippen LogP contribution in [-0.4, -0.2) is 48.3 Å². The van der Waals surface area contributed by atoms with E-state index < -0.39 is 17.7 Å². The molecule has 0 aromatic heterocycles. The van der Waals surface area contributed by atoms with Crippen molar-refractivity contribution >= 4 is 5.91 Å². The van der Waals surface area contributed by atoms with Gasteiger partial charge in [-0.2, -0.15) is 0 Å². The lowest BCUT2D eigenvalue weighted by Gasteiger charge is -2.40. The highest BCUT2D eigenvalue weighted by Crippen LogP contribution is 2.25. The summed E-state index contributed by atoms with van der Waals surface area (Å²) in [6, 6.07) is 3.60. The highest BCUT2D eigenvalue weighted by molar-refractivity contribution is 5.77. The van der Waals surface area contributed by atoms with E-state index in [0.717, 1.165) is 6.07 Å². The van der Waals surface area contributed by atoms with Gasteiger partial charge in [0.2, 0.25) is 5.91 Å². The molecule has 1 N–H and O–H groups in total. The molecule has 1 aromatic carbocycles. The molecule has 1 aromatic rings. The van der Waals surface area contributed by atoms with Crippen molar-refractivity contribution in [3.8, 4) is 0 Å². The Morgan fingerprint density at radius 3 is 2.73 bits per heavy atom. The van der Waals surface area contributed by atoms with Crippen molar-refractivity contribution < 1.29 is 23.4 Å². The van der Waals surface area contributed by atoms with E-state index >= 15 is 0 Å². The number of ether oxygens (including phenoxy) is 1. The zero-order valence-electron chi connectivity index (χ0n) is 12.2. The Bertz CT molecular complexity index is 560. The molecule has 0 aliphatic carbocycles. The summed E-state index contributed by atoms with van der Waals surface area (Å²) >= 11 is 0. The van der Waals surface area contributed by atoms with E-state index in [0.29, 0.717) is 44.7 Å². The van der Waals surface area contributed by atoms with Gasteiger partial charge in [0.05, 0.1) is 19.3 Å². The Balaban J connectivity index is 1.46. The maximum absolute atomic E-state index is 13.6.